The number of thioether (sulfide) groups is 2. The van der Waals surface area contributed by atoms with E-state index in [1.54, 1.807) is 0 Å². The van der Waals surface area contributed by atoms with Crippen molar-refractivity contribution in [2.24, 2.45) is 0 Å². The van der Waals surface area contributed by atoms with E-state index in [2.05, 4.69) is 77.8 Å². The van der Waals surface area contributed by atoms with Gasteiger partial charge in [0.2, 0.25) is 0 Å². The number of carbonyl (C=O) groups excluding carboxylic acids is 1. The molecule has 2 unspecified atom stereocenters. The number of halogens is 3. The SMILES string of the molecule is COC(=O)N1CCSC1C(=O)O.IC(I)I.O=C(O)C1NCCS1.[HH].[HH]. The second-order valence-corrected chi connectivity index (χ2v) is 17.3. The summed E-state index contributed by atoms with van der Waals surface area (Å²) in [6.07, 6.45) is -0.576. The van der Waals surface area contributed by atoms with Crippen LogP contribution >= 0.6 is 91.3 Å². The minimum Gasteiger partial charge on any atom is -0.479 e. The predicted molar refractivity (Wildman–Crippen MR) is 125 cm³/mol. The van der Waals surface area contributed by atoms with Crippen molar-refractivity contribution in [3.8, 4) is 0 Å². The zero-order valence-electron chi connectivity index (χ0n) is 12.5. The molecule has 13 heteroatoms. The van der Waals surface area contributed by atoms with Gasteiger partial charge in [0.25, 0.3) is 0 Å². The largest absolute Gasteiger partial charge is 0.479 e. The molecule has 3 N–H and O–H groups in total. The van der Waals surface area contributed by atoms with Crippen LogP contribution in [0.2, 0.25) is 0 Å². The normalized spacial score (nSPS) is 22.1. The Morgan fingerprint density at radius 2 is 1.79 bits per heavy atom. The Balaban J connectivity index is -0.000000331. The van der Waals surface area contributed by atoms with Crippen LogP contribution in [0.3, 0.4) is 0 Å². The summed E-state index contributed by atoms with van der Waals surface area (Å²) in [7, 11) is 1.24. The first-order valence-electron chi connectivity index (χ1n) is 6.39. The monoisotopic (exact) mass is 722 g/mol. The number of nitrogens with one attached hydrogen (secondary N) is 1. The van der Waals surface area contributed by atoms with Crippen molar-refractivity contribution in [1.29, 1.82) is 0 Å². The number of methoxy groups -OCH3 is 1. The number of carboxylic acids is 2. The molecule has 0 spiro atoms. The van der Waals surface area contributed by atoms with E-state index in [1.165, 1.54) is 35.5 Å². The Bertz CT molecular complexity index is 434. The Morgan fingerprint density at radius 3 is 2.12 bits per heavy atom. The summed E-state index contributed by atoms with van der Waals surface area (Å²) in [6, 6.07) is 0. The molecule has 0 bridgehead atoms. The van der Waals surface area contributed by atoms with Crippen LogP contribution in [0.4, 0.5) is 4.79 Å². The lowest BCUT2D eigenvalue weighted by Crippen LogP contribution is -2.39. The second-order valence-electron chi connectivity index (χ2n) is 4.02. The maximum Gasteiger partial charge on any atom is 0.410 e. The van der Waals surface area contributed by atoms with E-state index in [-0.39, 0.29) is 8.23 Å². The van der Waals surface area contributed by atoms with Gasteiger partial charge in [0.15, 0.2) is 10.7 Å². The zero-order chi connectivity index (χ0) is 18.7. The number of hydrogen-bond acceptors (Lipinski definition) is 7. The first-order valence-corrected chi connectivity index (χ1v) is 12.2. The van der Waals surface area contributed by atoms with E-state index >= 15 is 0 Å². The van der Waals surface area contributed by atoms with Gasteiger partial charge in [0.05, 0.1) is 7.11 Å². The van der Waals surface area contributed by atoms with Crippen molar-refractivity contribution in [2.45, 2.75) is 10.7 Å². The summed E-state index contributed by atoms with van der Waals surface area (Å²) in [6.45, 7) is 1.26. The molecule has 144 valence electrons. The molecule has 2 aliphatic rings. The van der Waals surface area contributed by atoms with Crippen molar-refractivity contribution in [2.75, 3.05) is 31.7 Å². The molecule has 0 aromatic heterocycles. The van der Waals surface area contributed by atoms with Crippen LogP contribution in [0.15, 0.2) is 0 Å². The highest BCUT2D eigenvalue weighted by molar-refractivity contribution is 14.3. The Kier molecular flexibility index (Phi) is 14.8. The lowest BCUT2D eigenvalue weighted by molar-refractivity contribution is -0.139. The maximum atomic E-state index is 11.0. The molecule has 0 aromatic carbocycles. The van der Waals surface area contributed by atoms with Crippen LogP contribution in [0.5, 0.6) is 0 Å². The van der Waals surface area contributed by atoms with Gasteiger partial charge in [0, 0.05) is 27.4 Å². The van der Waals surface area contributed by atoms with Crippen molar-refractivity contribution < 1.29 is 32.2 Å². The van der Waals surface area contributed by atoms with Gasteiger partial charge in [-0.05, 0) is 0 Å². The molecule has 2 rings (SSSR count). The van der Waals surface area contributed by atoms with Crippen LogP contribution in [0.1, 0.15) is 2.85 Å². The fraction of sp³-hybridized carbons (Fsp3) is 0.727. The summed E-state index contributed by atoms with van der Waals surface area (Å²) < 4.78 is 5.17. The summed E-state index contributed by atoms with van der Waals surface area (Å²) in [5, 5.41) is 18.7. The summed E-state index contributed by atoms with van der Waals surface area (Å²) in [5.74, 6) is -0.196. The van der Waals surface area contributed by atoms with Crippen LogP contribution in [0.25, 0.3) is 0 Å². The van der Waals surface area contributed by atoms with E-state index < -0.39 is 23.4 Å². The van der Waals surface area contributed by atoms with E-state index in [1.807, 2.05) is 0 Å². The van der Waals surface area contributed by atoms with Gasteiger partial charge >= 0.3 is 18.0 Å². The topological polar surface area (TPSA) is 116 Å². The lowest BCUT2D eigenvalue weighted by Gasteiger charge is -2.17. The molecule has 0 aliphatic carbocycles. The number of carbonyl (C=O) groups is 3. The van der Waals surface area contributed by atoms with E-state index in [9.17, 15) is 14.4 Å². The van der Waals surface area contributed by atoms with Gasteiger partial charge in [0.1, 0.15) is -0.0619 Å². The average molecular weight is 722 g/mol. The van der Waals surface area contributed by atoms with Crippen LogP contribution < -0.4 is 5.32 Å². The molecule has 1 amide bonds. The minimum atomic E-state index is -0.997. The van der Waals surface area contributed by atoms with Gasteiger partial charge in [-0.15, -0.1) is 23.5 Å². The number of rotatable bonds is 2. The van der Waals surface area contributed by atoms with Gasteiger partial charge < -0.3 is 14.9 Å². The van der Waals surface area contributed by atoms with Crippen LogP contribution in [-0.4, -0.2) is 75.5 Å². The fourth-order valence-electron chi connectivity index (χ4n) is 1.56. The number of nitrogens with zero attached hydrogens (tertiary/aromatic N) is 1. The number of aliphatic carboxylic acids is 2. The maximum absolute atomic E-state index is 11.0. The smallest absolute Gasteiger partial charge is 0.410 e. The molecule has 2 fully saturated rings. The third-order valence-corrected chi connectivity index (χ3v) is 4.78. The third-order valence-electron chi connectivity index (χ3n) is 2.45. The average Bonchev–Trinajstić information content (AvgIpc) is 3.17. The first-order chi connectivity index (χ1) is 11.2. The van der Waals surface area contributed by atoms with Crippen LogP contribution in [0, 0.1) is 0 Å². The molecule has 0 radical (unpaired) electrons. The molecule has 2 heterocycles. The fourth-order valence-corrected chi connectivity index (χ4v) is 3.45. The Labute approximate surface area is 192 Å². The third kappa shape index (κ3) is 10.9. The van der Waals surface area contributed by atoms with Gasteiger partial charge in [-0.1, -0.05) is 67.8 Å². The number of carboxylic acid groups (broad SMARTS) is 2. The standard InChI is InChI=1S/C6H9NO4S.C4H7NO2S.CHI3.2H2/c1-11-6(10)7-2-3-12-4(7)5(8)9;6-4(7)3-5-1-2-8-3;2-1(3)4;;/h4H,2-3H2,1H3,(H,8,9);3,5H,1-2H2,(H,6,7);1H;2*1H. The molecule has 2 saturated heterocycles. The highest BCUT2D eigenvalue weighted by Crippen LogP contribution is 2.24. The molecule has 0 saturated carbocycles. The number of amides is 1. The molecule has 2 aliphatic heterocycles. The summed E-state index contributed by atoms with van der Waals surface area (Å²) >= 11 is 9.62. The number of hydrogen-bond donors (Lipinski definition) is 3. The highest BCUT2D eigenvalue weighted by atomic mass is 127. The summed E-state index contributed by atoms with van der Waals surface area (Å²) in [5.41, 5.74) is 0. The Morgan fingerprint density at radius 1 is 1.21 bits per heavy atom. The van der Waals surface area contributed by atoms with Gasteiger partial charge in [-0.3, -0.25) is 10.2 Å². The van der Waals surface area contributed by atoms with Crippen LogP contribution in [-0.2, 0) is 14.3 Å². The molecular weight excluding hydrogens is 701 g/mol. The van der Waals surface area contributed by atoms with Crippen molar-refractivity contribution in [1.82, 2.24) is 10.2 Å². The highest BCUT2D eigenvalue weighted by Gasteiger charge is 2.35. The molecular formula is C11H21I3N2O6S2. The molecule has 2 atom stereocenters. The van der Waals surface area contributed by atoms with E-state index in [0.29, 0.717) is 12.3 Å². The zero-order valence-corrected chi connectivity index (χ0v) is 20.6. The van der Waals surface area contributed by atoms with Gasteiger partial charge in [-0.2, -0.15) is 0 Å². The molecule has 8 nitrogen and oxygen atoms in total. The lowest BCUT2D eigenvalue weighted by atomic mass is 10.5. The summed E-state index contributed by atoms with van der Waals surface area (Å²) in [4.78, 5) is 32.8. The minimum absolute atomic E-state index is 0. The number of ether oxygens (including phenoxy) is 1. The molecule has 24 heavy (non-hydrogen) atoms. The molecule has 0 aromatic rings. The predicted octanol–water partition coefficient (Wildman–Crippen LogP) is 3.01. The quantitative estimate of drug-likeness (QED) is 0.293. The van der Waals surface area contributed by atoms with Crippen molar-refractivity contribution in [3.63, 3.8) is 0 Å². The van der Waals surface area contributed by atoms with E-state index in [4.69, 9.17) is 10.2 Å². The van der Waals surface area contributed by atoms with Gasteiger partial charge in [-0.25, -0.2) is 14.4 Å². The Hall–Kier alpha value is 1.06. The van der Waals surface area contributed by atoms with Crippen molar-refractivity contribution >= 4 is 109 Å². The number of alkyl halides is 3. The van der Waals surface area contributed by atoms with E-state index in [0.717, 1.165) is 12.2 Å². The second kappa shape index (κ2) is 14.2. The van der Waals surface area contributed by atoms with Crippen molar-refractivity contribution in [3.05, 3.63) is 0 Å². The first kappa shape index (κ1) is 25.1.